The van der Waals surface area contributed by atoms with Crippen LogP contribution in [0.3, 0.4) is 0 Å². The molecule has 1 aromatic carbocycles. The van der Waals surface area contributed by atoms with Gasteiger partial charge in [-0.05, 0) is 12.5 Å². The predicted molar refractivity (Wildman–Crippen MR) is 115 cm³/mol. The van der Waals surface area contributed by atoms with Crippen molar-refractivity contribution in [2.75, 3.05) is 16.8 Å². The summed E-state index contributed by atoms with van der Waals surface area (Å²) < 4.78 is 1.68. The summed E-state index contributed by atoms with van der Waals surface area (Å²) in [5.74, 6) is 0.891. The van der Waals surface area contributed by atoms with Crippen molar-refractivity contribution in [1.29, 1.82) is 0 Å². The van der Waals surface area contributed by atoms with Crippen molar-refractivity contribution in [3.05, 3.63) is 63.0 Å². The second kappa shape index (κ2) is 8.50. The minimum Gasteiger partial charge on any atom is -0.301 e. The number of thioether (sulfide) groups is 2. The maximum absolute atomic E-state index is 13.0. The summed E-state index contributed by atoms with van der Waals surface area (Å²) in [5.41, 5.74) is 2.73. The van der Waals surface area contributed by atoms with Gasteiger partial charge in [0.2, 0.25) is 5.91 Å². The molecule has 2 aromatic heterocycles. The number of benzene rings is 1. The van der Waals surface area contributed by atoms with Gasteiger partial charge >= 0.3 is 0 Å². The third-order valence-electron chi connectivity index (χ3n) is 4.13. The number of nitrogens with zero attached hydrogens (tertiary/aromatic N) is 3. The van der Waals surface area contributed by atoms with E-state index in [0.717, 1.165) is 34.0 Å². The number of fused-ring (bicyclic) bond motifs is 1. The molecule has 1 N–H and O–H groups in total. The Morgan fingerprint density at radius 3 is 2.86 bits per heavy atom. The minimum atomic E-state index is -0.158. The third-order valence-corrected chi connectivity index (χ3v) is 7.09. The fourth-order valence-electron chi connectivity index (χ4n) is 2.84. The molecule has 28 heavy (non-hydrogen) atoms. The number of hydrogen-bond donors (Lipinski definition) is 1. The van der Waals surface area contributed by atoms with Crippen LogP contribution in [0.2, 0.25) is 0 Å². The second-order valence-electron chi connectivity index (χ2n) is 6.28. The monoisotopic (exact) mass is 430 g/mol. The molecule has 0 atom stereocenters. The number of rotatable bonds is 6. The van der Waals surface area contributed by atoms with Crippen molar-refractivity contribution in [2.45, 2.75) is 29.9 Å². The van der Waals surface area contributed by atoms with Gasteiger partial charge in [0.25, 0.3) is 5.56 Å². The Hall–Kier alpha value is -2.10. The van der Waals surface area contributed by atoms with Gasteiger partial charge < -0.3 is 5.32 Å². The largest absolute Gasteiger partial charge is 0.301 e. The molecular formula is C19H18N4O2S3. The van der Waals surface area contributed by atoms with Crippen LogP contribution >= 0.6 is 34.9 Å². The van der Waals surface area contributed by atoms with Crippen LogP contribution in [-0.2, 0) is 17.8 Å². The van der Waals surface area contributed by atoms with E-state index in [-0.39, 0.29) is 17.2 Å². The standard InChI is InChI=1S/C19H18N4O2S3/c1-12-10-27-18(20-12)22-15(24)11-28-19-21-14-7-8-26-16(14)17(25)23(19)9-13-5-3-2-4-6-13/h2-6,10H,7-9,11H2,1H3,(H,20,22,24). The molecule has 0 bridgehead atoms. The van der Waals surface area contributed by atoms with Crippen molar-refractivity contribution in [3.63, 3.8) is 0 Å². The van der Waals surface area contributed by atoms with Crippen molar-refractivity contribution < 1.29 is 4.79 Å². The number of anilines is 1. The molecule has 1 aliphatic heterocycles. The van der Waals surface area contributed by atoms with Crippen molar-refractivity contribution >= 4 is 45.9 Å². The lowest BCUT2D eigenvalue weighted by atomic mass is 10.2. The number of thiazole rings is 1. The number of nitrogens with one attached hydrogen (secondary N) is 1. The fraction of sp³-hybridized carbons (Fsp3) is 0.263. The van der Waals surface area contributed by atoms with Gasteiger partial charge in [0.05, 0.1) is 28.6 Å². The Balaban J connectivity index is 1.56. The molecule has 0 saturated carbocycles. The second-order valence-corrected chi connectivity index (χ2v) is 9.18. The average molecular weight is 431 g/mol. The molecule has 6 nitrogen and oxygen atoms in total. The smallest absolute Gasteiger partial charge is 0.268 e. The van der Waals surface area contributed by atoms with E-state index in [4.69, 9.17) is 4.98 Å². The van der Waals surface area contributed by atoms with Crippen LogP contribution < -0.4 is 10.9 Å². The first-order chi connectivity index (χ1) is 13.6. The highest BCUT2D eigenvalue weighted by Crippen LogP contribution is 2.29. The molecule has 1 amide bonds. The van der Waals surface area contributed by atoms with E-state index in [1.807, 2.05) is 42.6 Å². The van der Waals surface area contributed by atoms with E-state index in [9.17, 15) is 9.59 Å². The van der Waals surface area contributed by atoms with E-state index in [1.165, 1.54) is 23.1 Å². The molecule has 4 rings (SSSR count). The molecule has 0 spiro atoms. The molecule has 3 heterocycles. The molecule has 0 unspecified atom stereocenters. The van der Waals surface area contributed by atoms with Gasteiger partial charge in [0.15, 0.2) is 10.3 Å². The van der Waals surface area contributed by atoms with Crippen molar-refractivity contribution in [1.82, 2.24) is 14.5 Å². The van der Waals surface area contributed by atoms with Crippen LogP contribution in [0.25, 0.3) is 0 Å². The summed E-state index contributed by atoms with van der Waals surface area (Å²) in [6.07, 6.45) is 0.791. The van der Waals surface area contributed by atoms with E-state index in [1.54, 1.807) is 16.3 Å². The van der Waals surface area contributed by atoms with Crippen LogP contribution in [-0.4, -0.2) is 31.9 Å². The van der Waals surface area contributed by atoms with E-state index in [0.29, 0.717) is 16.8 Å². The lowest BCUT2D eigenvalue weighted by Gasteiger charge is -2.13. The first-order valence-corrected chi connectivity index (χ1v) is 11.6. The molecule has 0 fully saturated rings. The summed E-state index contributed by atoms with van der Waals surface area (Å²) in [6, 6.07) is 9.82. The SMILES string of the molecule is Cc1csc(NC(=O)CSc2nc3c(c(=O)n2Cc2ccccc2)SCC3)n1. The Labute approximate surface area is 174 Å². The number of aryl methyl sites for hydroxylation is 2. The Morgan fingerprint density at radius 2 is 2.11 bits per heavy atom. The maximum atomic E-state index is 13.0. The van der Waals surface area contributed by atoms with Gasteiger partial charge in [-0.3, -0.25) is 14.2 Å². The Morgan fingerprint density at radius 1 is 1.29 bits per heavy atom. The average Bonchev–Trinajstić information content (AvgIpc) is 3.32. The lowest BCUT2D eigenvalue weighted by Crippen LogP contribution is -2.26. The number of carbonyl (C=O) groups is 1. The zero-order chi connectivity index (χ0) is 19.5. The molecule has 0 radical (unpaired) electrons. The number of carbonyl (C=O) groups excluding carboxylic acids is 1. The topological polar surface area (TPSA) is 76.9 Å². The van der Waals surface area contributed by atoms with Crippen LogP contribution in [0, 0.1) is 6.92 Å². The Bertz CT molecular complexity index is 1060. The molecule has 0 saturated heterocycles. The molecule has 9 heteroatoms. The highest BCUT2D eigenvalue weighted by molar-refractivity contribution is 8.00. The van der Waals surface area contributed by atoms with Gasteiger partial charge in [-0.25, -0.2) is 9.97 Å². The highest BCUT2D eigenvalue weighted by atomic mass is 32.2. The van der Waals surface area contributed by atoms with Gasteiger partial charge in [0, 0.05) is 17.6 Å². The summed E-state index contributed by atoms with van der Waals surface area (Å²) in [6.45, 7) is 2.33. The quantitative estimate of drug-likeness (QED) is 0.477. The maximum Gasteiger partial charge on any atom is 0.268 e. The molecule has 0 aliphatic carbocycles. The van der Waals surface area contributed by atoms with Crippen LogP contribution in [0.5, 0.6) is 0 Å². The highest BCUT2D eigenvalue weighted by Gasteiger charge is 2.22. The first-order valence-electron chi connectivity index (χ1n) is 8.75. The fourth-order valence-corrected chi connectivity index (χ4v) is 5.40. The van der Waals surface area contributed by atoms with Gasteiger partial charge in [-0.2, -0.15) is 0 Å². The summed E-state index contributed by atoms with van der Waals surface area (Å²) >= 11 is 4.25. The van der Waals surface area contributed by atoms with Gasteiger partial charge in [-0.1, -0.05) is 42.1 Å². The van der Waals surface area contributed by atoms with Crippen molar-refractivity contribution in [3.8, 4) is 0 Å². The Kier molecular flexibility index (Phi) is 5.84. The summed E-state index contributed by atoms with van der Waals surface area (Å²) in [4.78, 5) is 35.0. The molecule has 3 aromatic rings. The predicted octanol–water partition coefficient (Wildman–Crippen LogP) is 3.44. The number of aromatic nitrogens is 3. The van der Waals surface area contributed by atoms with Crippen LogP contribution in [0.15, 0.2) is 50.6 Å². The minimum absolute atomic E-state index is 0.0187. The molecule has 144 valence electrons. The van der Waals surface area contributed by atoms with Crippen molar-refractivity contribution in [2.24, 2.45) is 0 Å². The lowest BCUT2D eigenvalue weighted by molar-refractivity contribution is -0.113. The molecular weight excluding hydrogens is 412 g/mol. The van der Waals surface area contributed by atoms with E-state index < -0.39 is 0 Å². The van der Waals surface area contributed by atoms with Crippen LogP contribution in [0.4, 0.5) is 5.13 Å². The van der Waals surface area contributed by atoms with Gasteiger partial charge in [-0.15, -0.1) is 23.1 Å². The zero-order valence-corrected chi connectivity index (χ0v) is 17.6. The molecule has 1 aliphatic rings. The summed E-state index contributed by atoms with van der Waals surface area (Å²) in [5, 5.41) is 5.86. The number of amides is 1. The first kappa shape index (κ1) is 19.2. The normalized spacial score (nSPS) is 12.8. The summed E-state index contributed by atoms with van der Waals surface area (Å²) in [7, 11) is 0. The van der Waals surface area contributed by atoms with E-state index >= 15 is 0 Å². The number of hydrogen-bond acceptors (Lipinski definition) is 7. The zero-order valence-electron chi connectivity index (χ0n) is 15.2. The van der Waals surface area contributed by atoms with Gasteiger partial charge in [0.1, 0.15) is 0 Å². The van der Waals surface area contributed by atoms with Crippen LogP contribution in [0.1, 0.15) is 17.0 Å². The third kappa shape index (κ3) is 4.31. The van der Waals surface area contributed by atoms with E-state index in [2.05, 4.69) is 10.3 Å².